The molecule has 0 fully saturated rings. The average molecular weight is 347 g/mol. The molecule has 1 heterocycles. The fourth-order valence-electron chi connectivity index (χ4n) is 2.31. The summed E-state index contributed by atoms with van der Waals surface area (Å²) in [6.07, 6.45) is 0. The fraction of sp³-hybridized carbons (Fsp3) is 0.176. The molecule has 2 aromatic rings. The van der Waals surface area contributed by atoms with E-state index in [1.54, 1.807) is 36.4 Å². The highest BCUT2D eigenvalue weighted by molar-refractivity contribution is 6.32. The number of rotatable bonds is 3. The number of carbonyl (C=O) groups is 2. The van der Waals surface area contributed by atoms with E-state index in [9.17, 15) is 9.59 Å². The van der Waals surface area contributed by atoms with Crippen molar-refractivity contribution in [2.75, 3.05) is 17.7 Å². The molecule has 0 saturated carbocycles. The number of halogens is 1. The number of para-hydroxylation sites is 2. The highest BCUT2D eigenvalue weighted by Crippen LogP contribution is 2.34. The Labute approximate surface area is 143 Å². The molecule has 0 spiro atoms. The Bertz CT molecular complexity index is 824. The molecule has 7 heteroatoms. The predicted octanol–water partition coefficient (Wildman–Crippen LogP) is 3.08. The Hall–Kier alpha value is -2.73. The minimum atomic E-state index is -1.69. The van der Waals surface area contributed by atoms with Crippen LogP contribution in [0.5, 0.6) is 11.5 Å². The molecule has 0 aliphatic carbocycles. The van der Waals surface area contributed by atoms with Crippen LogP contribution in [0.1, 0.15) is 6.92 Å². The first-order valence-corrected chi connectivity index (χ1v) is 7.56. The molecule has 1 atom stereocenters. The maximum Gasteiger partial charge on any atom is 0.278 e. The number of nitrogens with one attached hydrogen (secondary N) is 2. The minimum Gasteiger partial charge on any atom is -0.495 e. The third-order valence-electron chi connectivity index (χ3n) is 3.73. The van der Waals surface area contributed by atoms with Gasteiger partial charge in [0.2, 0.25) is 0 Å². The van der Waals surface area contributed by atoms with Crippen molar-refractivity contribution >= 4 is 34.8 Å². The van der Waals surface area contributed by atoms with Crippen molar-refractivity contribution in [3.8, 4) is 11.5 Å². The number of fused-ring (bicyclic) bond motifs is 1. The van der Waals surface area contributed by atoms with Gasteiger partial charge in [0.05, 0.1) is 17.8 Å². The largest absolute Gasteiger partial charge is 0.495 e. The van der Waals surface area contributed by atoms with Crippen LogP contribution in [0, 0.1) is 0 Å². The van der Waals surface area contributed by atoms with E-state index in [0.717, 1.165) is 0 Å². The van der Waals surface area contributed by atoms with Crippen molar-refractivity contribution in [2.24, 2.45) is 0 Å². The fourth-order valence-corrected chi connectivity index (χ4v) is 2.57. The molecule has 0 radical (unpaired) electrons. The summed E-state index contributed by atoms with van der Waals surface area (Å²) in [4.78, 5) is 24.9. The Morgan fingerprint density at radius 2 is 2.04 bits per heavy atom. The van der Waals surface area contributed by atoms with Crippen LogP contribution >= 0.6 is 11.6 Å². The van der Waals surface area contributed by atoms with Crippen molar-refractivity contribution in [3.05, 3.63) is 47.5 Å². The monoisotopic (exact) mass is 346 g/mol. The van der Waals surface area contributed by atoms with Gasteiger partial charge in [-0.25, -0.2) is 0 Å². The number of methoxy groups -OCH3 is 1. The van der Waals surface area contributed by atoms with Crippen LogP contribution in [0.25, 0.3) is 0 Å². The lowest BCUT2D eigenvalue weighted by Crippen LogP contribution is -2.56. The minimum absolute atomic E-state index is 0.347. The molecule has 2 N–H and O–H groups in total. The van der Waals surface area contributed by atoms with Crippen molar-refractivity contribution in [1.82, 2.24) is 0 Å². The van der Waals surface area contributed by atoms with Crippen LogP contribution in [-0.2, 0) is 9.59 Å². The van der Waals surface area contributed by atoms with Crippen LogP contribution in [0.15, 0.2) is 42.5 Å². The van der Waals surface area contributed by atoms with Crippen LogP contribution in [-0.4, -0.2) is 24.5 Å². The Balaban J connectivity index is 1.84. The average Bonchev–Trinajstić information content (AvgIpc) is 2.56. The maximum absolute atomic E-state index is 12.6. The first-order chi connectivity index (χ1) is 11.4. The van der Waals surface area contributed by atoms with Gasteiger partial charge < -0.3 is 20.1 Å². The van der Waals surface area contributed by atoms with Crippen molar-refractivity contribution in [2.45, 2.75) is 12.5 Å². The molecule has 1 aliphatic rings. The standard InChI is InChI=1S/C17H15ClN2O4/c1-17(16(22)20-12-5-3-4-6-14(12)24-17)15(21)19-10-7-8-13(23-2)11(18)9-10/h3-9H,1-2H3,(H,19,21)(H,20,22). The summed E-state index contributed by atoms with van der Waals surface area (Å²) in [5.74, 6) is -0.224. The summed E-state index contributed by atoms with van der Waals surface area (Å²) < 4.78 is 10.7. The highest BCUT2D eigenvalue weighted by atomic mass is 35.5. The molecule has 6 nitrogen and oxygen atoms in total. The van der Waals surface area contributed by atoms with Crippen LogP contribution in [0.4, 0.5) is 11.4 Å². The molecule has 0 aromatic heterocycles. The molecular weight excluding hydrogens is 332 g/mol. The second-order valence-electron chi connectivity index (χ2n) is 5.39. The van der Waals surface area contributed by atoms with Gasteiger partial charge in [0, 0.05) is 5.69 Å². The number of anilines is 2. The normalized spacial score (nSPS) is 18.9. The third-order valence-corrected chi connectivity index (χ3v) is 4.02. The molecule has 1 unspecified atom stereocenters. The maximum atomic E-state index is 12.6. The topological polar surface area (TPSA) is 76.7 Å². The number of ether oxygens (including phenoxy) is 2. The van der Waals surface area contributed by atoms with E-state index in [1.807, 2.05) is 0 Å². The van der Waals surface area contributed by atoms with E-state index < -0.39 is 17.4 Å². The number of amides is 2. The number of hydrogen-bond acceptors (Lipinski definition) is 4. The van der Waals surface area contributed by atoms with Gasteiger partial charge in [-0.05, 0) is 37.3 Å². The second-order valence-corrected chi connectivity index (χ2v) is 5.80. The van der Waals surface area contributed by atoms with Crippen molar-refractivity contribution < 1.29 is 19.1 Å². The molecule has 0 bridgehead atoms. The molecule has 24 heavy (non-hydrogen) atoms. The smallest absolute Gasteiger partial charge is 0.278 e. The molecule has 1 aliphatic heterocycles. The van der Waals surface area contributed by atoms with E-state index in [-0.39, 0.29) is 0 Å². The van der Waals surface area contributed by atoms with E-state index in [1.165, 1.54) is 20.1 Å². The lowest BCUT2D eigenvalue weighted by Gasteiger charge is -2.33. The Morgan fingerprint density at radius 3 is 2.75 bits per heavy atom. The Morgan fingerprint density at radius 1 is 1.29 bits per heavy atom. The van der Waals surface area contributed by atoms with Crippen LogP contribution in [0.3, 0.4) is 0 Å². The van der Waals surface area contributed by atoms with Crippen molar-refractivity contribution in [3.63, 3.8) is 0 Å². The zero-order valence-corrected chi connectivity index (χ0v) is 13.8. The van der Waals surface area contributed by atoms with E-state index >= 15 is 0 Å². The van der Waals surface area contributed by atoms with Gasteiger partial charge in [0.15, 0.2) is 0 Å². The zero-order chi connectivity index (χ0) is 17.3. The zero-order valence-electron chi connectivity index (χ0n) is 13.1. The predicted molar refractivity (Wildman–Crippen MR) is 90.7 cm³/mol. The first kappa shape index (κ1) is 16.1. The number of benzene rings is 2. The first-order valence-electron chi connectivity index (χ1n) is 7.18. The molecule has 0 saturated heterocycles. The van der Waals surface area contributed by atoms with Gasteiger partial charge in [0.25, 0.3) is 17.4 Å². The SMILES string of the molecule is COc1ccc(NC(=O)C2(C)Oc3ccccc3NC2=O)cc1Cl. The summed E-state index contributed by atoms with van der Waals surface area (Å²) >= 11 is 6.04. The van der Waals surface area contributed by atoms with Crippen LogP contribution in [0.2, 0.25) is 5.02 Å². The summed E-state index contributed by atoms with van der Waals surface area (Å²) in [6, 6.07) is 11.7. The molecule has 2 aromatic carbocycles. The quantitative estimate of drug-likeness (QED) is 0.837. The summed E-state index contributed by atoms with van der Waals surface area (Å²) in [7, 11) is 1.50. The molecule has 2 amide bonds. The molecule has 3 rings (SSSR count). The van der Waals surface area contributed by atoms with Gasteiger partial charge >= 0.3 is 0 Å². The second kappa shape index (κ2) is 6.05. The lowest BCUT2D eigenvalue weighted by molar-refractivity contribution is -0.143. The van der Waals surface area contributed by atoms with Gasteiger partial charge in [-0.1, -0.05) is 23.7 Å². The molecular formula is C17H15ClN2O4. The van der Waals surface area contributed by atoms with E-state index in [0.29, 0.717) is 27.9 Å². The van der Waals surface area contributed by atoms with Crippen molar-refractivity contribution in [1.29, 1.82) is 0 Å². The highest BCUT2D eigenvalue weighted by Gasteiger charge is 2.47. The summed E-state index contributed by atoms with van der Waals surface area (Å²) in [5.41, 5.74) is -0.733. The van der Waals surface area contributed by atoms with Gasteiger partial charge in [-0.2, -0.15) is 0 Å². The number of carbonyl (C=O) groups excluding carboxylic acids is 2. The number of hydrogen-bond donors (Lipinski definition) is 2. The van der Waals surface area contributed by atoms with Crippen LogP contribution < -0.4 is 20.1 Å². The van der Waals surface area contributed by atoms with Gasteiger partial charge in [0.1, 0.15) is 11.5 Å². The summed E-state index contributed by atoms with van der Waals surface area (Å²) in [5, 5.41) is 5.66. The van der Waals surface area contributed by atoms with Gasteiger partial charge in [-0.15, -0.1) is 0 Å². The van der Waals surface area contributed by atoms with E-state index in [4.69, 9.17) is 21.1 Å². The van der Waals surface area contributed by atoms with E-state index in [2.05, 4.69) is 10.6 Å². The van der Waals surface area contributed by atoms with Gasteiger partial charge in [-0.3, -0.25) is 9.59 Å². The molecule has 124 valence electrons. The lowest BCUT2D eigenvalue weighted by atomic mass is 10.0. The third kappa shape index (κ3) is 2.76. The Kier molecular flexibility index (Phi) is 4.07. The summed E-state index contributed by atoms with van der Waals surface area (Å²) in [6.45, 7) is 1.42.